The third kappa shape index (κ3) is 2.74. The van der Waals surface area contributed by atoms with Gasteiger partial charge in [0.15, 0.2) is 0 Å². The first-order valence-electron chi connectivity index (χ1n) is 6.31. The Hall–Kier alpha value is -1.71. The fraction of sp³-hybridized carbons (Fsp3) is 0.250. The van der Waals surface area contributed by atoms with Crippen molar-refractivity contribution in [2.24, 2.45) is 5.73 Å². The fourth-order valence-corrected chi connectivity index (χ4v) is 2.58. The predicted molar refractivity (Wildman–Crippen MR) is 81.8 cm³/mol. The van der Waals surface area contributed by atoms with Gasteiger partial charge in [0, 0.05) is 5.02 Å². The minimum atomic E-state index is -0.408. The number of nitrogens with two attached hydrogens (primary N) is 1. The van der Waals surface area contributed by atoms with E-state index in [0.29, 0.717) is 16.5 Å². The molecule has 0 spiro atoms. The Balaban J connectivity index is 2.55. The Bertz CT molecular complexity index is 591. The molecule has 2 N–H and O–H groups in total. The Labute approximate surface area is 124 Å². The molecule has 0 radical (unpaired) electrons. The number of ether oxygens (including phenoxy) is 2. The molecule has 2 aromatic rings. The average Bonchev–Trinajstić information content (AvgIpc) is 2.45. The summed E-state index contributed by atoms with van der Waals surface area (Å²) >= 11 is 6.30. The second-order valence-electron chi connectivity index (χ2n) is 4.58. The van der Waals surface area contributed by atoms with Crippen LogP contribution in [0.4, 0.5) is 0 Å². The summed E-state index contributed by atoms with van der Waals surface area (Å²) in [5, 5.41) is 0.644. The van der Waals surface area contributed by atoms with E-state index < -0.39 is 6.04 Å². The number of rotatable bonds is 4. The number of aryl methyl sites for hydroxylation is 1. The molecular formula is C16H18ClNO2. The molecule has 4 heteroatoms. The van der Waals surface area contributed by atoms with Gasteiger partial charge in [-0.2, -0.15) is 0 Å². The van der Waals surface area contributed by atoms with Gasteiger partial charge in [0.05, 0.1) is 25.8 Å². The Morgan fingerprint density at radius 1 is 1.05 bits per heavy atom. The molecule has 3 nitrogen and oxygen atoms in total. The van der Waals surface area contributed by atoms with E-state index in [1.54, 1.807) is 14.2 Å². The van der Waals surface area contributed by atoms with Gasteiger partial charge in [-0.15, -0.1) is 0 Å². The SMILES string of the molecule is COc1cccc(OC)c1C(N)c1ccc(C)cc1Cl. The van der Waals surface area contributed by atoms with Crippen molar-refractivity contribution >= 4 is 11.6 Å². The van der Waals surface area contributed by atoms with Crippen LogP contribution in [0.2, 0.25) is 5.02 Å². The molecule has 0 amide bonds. The summed E-state index contributed by atoms with van der Waals surface area (Å²) in [5.74, 6) is 1.38. The summed E-state index contributed by atoms with van der Waals surface area (Å²) in [6, 6.07) is 11.0. The zero-order valence-corrected chi connectivity index (χ0v) is 12.6. The van der Waals surface area contributed by atoms with Crippen LogP contribution in [0, 0.1) is 6.92 Å². The molecular weight excluding hydrogens is 274 g/mol. The first kappa shape index (κ1) is 14.7. The highest BCUT2D eigenvalue weighted by Gasteiger charge is 2.21. The fourth-order valence-electron chi connectivity index (χ4n) is 2.23. The van der Waals surface area contributed by atoms with Crippen molar-refractivity contribution in [1.29, 1.82) is 0 Å². The molecule has 1 atom stereocenters. The molecule has 106 valence electrons. The molecule has 0 aliphatic carbocycles. The maximum absolute atomic E-state index is 6.38. The van der Waals surface area contributed by atoms with Gasteiger partial charge in [0.1, 0.15) is 11.5 Å². The topological polar surface area (TPSA) is 44.5 Å². The highest BCUT2D eigenvalue weighted by Crippen LogP contribution is 2.38. The average molecular weight is 292 g/mol. The quantitative estimate of drug-likeness (QED) is 0.934. The van der Waals surface area contributed by atoms with Gasteiger partial charge in [0.2, 0.25) is 0 Å². The Morgan fingerprint density at radius 2 is 1.65 bits per heavy atom. The van der Waals surface area contributed by atoms with E-state index in [0.717, 1.165) is 16.7 Å². The van der Waals surface area contributed by atoms with Crippen LogP contribution in [-0.4, -0.2) is 14.2 Å². The summed E-state index contributed by atoms with van der Waals surface area (Å²) in [5.41, 5.74) is 9.11. The van der Waals surface area contributed by atoms with E-state index in [1.807, 2.05) is 43.3 Å². The van der Waals surface area contributed by atoms with Crippen molar-refractivity contribution in [3.63, 3.8) is 0 Å². The van der Waals surface area contributed by atoms with Crippen LogP contribution >= 0.6 is 11.6 Å². The van der Waals surface area contributed by atoms with Gasteiger partial charge >= 0.3 is 0 Å². The van der Waals surface area contributed by atoms with E-state index in [4.69, 9.17) is 26.8 Å². The van der Waals surface area contributed by atoms with Gasteiger partial charge in [-0.05, 0) is 36.2 Å². The second-order valence-corrected chi connectivity index (χ2v) is 4.99. The van der Waals surface area contributed by atoms with Gasteiger partial charge in [-0.3, -0.25) is 0 Å². The van der Waals surface area contributed by atoms with Gasteiger partial charge in [-0.25, -0.2) is 0 Å². The van der Waals surface area contributed by atoms with Crippen molar-refractivity contribution in [3.05, 3.63) is 58.1 Å². The van der Waals surface area contributed by atoms with Crippen molar-refractivity contribution in [1.82, 2.24) is 0 Å². The van der Waals surface area contributed by atoms with E-state index in [-0.39, 0.29) is 0 Å². The standard InChI is InChI=1S/C16H18ClNO2/c1-10-7-8-11(12(17)9-10)16(18)15-13(19-2)5-4-6-14(15)20-3/h4-9,16H,18H2,1-3H3. The highest BCUT2D eigenvalue weighted by molar-refractivity contribution is 6.31. The van der Waals surface area contributed by atoms with Crippen LogP contribution in [0.5, 0.6) is 11.5 Å². The van der Waals surface area contributed by atoms with Crippen LogP contribution in [0.3, 0.4) is 0 Å². The molecule has 2 aromatic carbocycles. The normalized spacial score (nSPS) is 12.1. The summed E-state index contributed by atoms with van der Waals surface area (Å²) in [6.45, 7) is 1.99. The summed E-state index contributed by atoms with van der Waals surface area (Å²) in [6.07, 6.45) is 0. The zero-order chi connectivity index (χ0) is 14.7. The molecule has 1 unspecified atom stereocenters. The summed E-state index contributed by atoms with van der Waals surface area (Å²) in [4.78, 5) is 0. The van der Waals surface area contributed by atoms with Crippen LogP contribution in [0.25, 0.3) is 0 Å². The number of hydrogen-bond donors (Lipinski definition) is 1. The highest BCUT2D eigenvalue weighted by atomic mass is 35.5. The zero-order valence-electron chi connectivity index (χ0n) is 11.8. The lowest BCUT2D eigenvalue weighted by Gasteiger charge is -2.20. The monoisotopic (exact) mass is 291 g/mol. The third-order valence-corrected chi connectivity index (χ3v) is 3.60. The van der Waals surface area contributed by atoms with Gasteiger partial charge in [-0.1, -0.05) is 29.8 Å². The van der Waals surface area contributed by atoms with E-state index in [9.17, 15) is 0 Å². The minimum Gasteiger partial charge on any atom is -0.496 e. The molecule has 0 heterocycles. The number of halogens is 1. The molecule has 0 fully saturated rings. The van der Waals surface area contributed by atoms with Gasteiger partial charge in [0.25, 0.3) is 0 Å². The third-order valence-electron chi connectivity index (χ3n) is 3.27. The lowest BCUT2D eigenvalue weighted by atomic mass is 9.97. The predicted octanol–water partition coefficient (Wildman–Crippen LogP) is 3.71. The largest absolute Gasteiger partial charge is 0.496 e. The second kappa shape index (κ2) is 6.16. The van der Waals surface area contributed by atoms with Crippen LogP contribution in [-0.2, 0) is 0 Å². The smallest absolute Gasteiger partial charge is 0.127 e. The van der Waals surface area contributed by atoms with Crippen LogP contribution in [0.15, 0.2) is 36.4 Å². The molecule has 0 aromatic heterocycles. The number of benzene rings is 2. The maximum Gasteiger partial charge on any atom is 0.127 e. The Morgan fingerprint density at radius 3 is 2.15 bits per heavy atom. The van der Waals surface area contributed by atoms with Crippen LogP contribution in [0.1, 0.15) is 22.7 Å². The van der Waals surface area contributed by atoms with Crippen LogP contribution < -0.4 is 15.2 Å². The molecule has 0 saturated heterocycles. The van der Waals surface area contributed by atoms with E-state index >= 15 is 0 Å². The molecule has 0 aliphatic rings. The number of hydrogen-bond acceptors (Lipinski definition) is 3. The van der Waals surface area contributed by atoms with Gasteiger partial charge < -0.3 is 15.2 Å². The van der Waals surface area contributed by atoms with E-state index in [1.165, 1.54) is 0 Å². The lowest BCUT2D eigenvalue weighted by molar-refractivity contribution is 0.382. The minimum absolute atomic E-state index is 0.408. The molecule has 0 bridgehead atoms. The van der Waals surface area contributed by atoms with Crippen molar-refractivity contribution in [3.8, 4) is 11.5 Å². The Kier molecular flexibility index (Phi) is 4.53. The first-order valence-corrected chi connectivity index (χ1v) is 6.68. The summed E-state index contributed by atoms with van der Waals surface area (Å²) in [7, 11) is 3.23. The molecule has 2 rings (SSSR count). The first-order chi connectivity index (χ1) is 9.58. The lowest BCUT2D eigenvalue weighted by Crippen LogP contribution is -2.15. The maximum atomic E-state index is 6.38. The van der Waals surface area contributed by atoms with E-state index in [2.05, 4.69) is 0 Å². The number of methoxy groups -OCH3 is 2. The summed E-state index contributed by atoms with van der Waals surface area (Å²) < 4.78 is 10.8. The van der Waals surface area contributed by atoms with Crippen molar-refractivity contribution in [2.45, 2.75) is 13.0 Å². The molecule has 0 aliphatic heterocycles. The van der Waals surface area contributed by atoms with Crippen molar-refractivity contribution in [2.75, 3.05) is 14.2 Å². The molecule has 20 heavy (non-hydrogen) atoms. The van der Waals surface area contributed by atoms with Crippen molar-refractivity contribution < 1.29 is 9.47 Å². The molecule has 0 saturated carbocycles.